The van der Waals surface area contributed by atoms with Crippen LogP contribution >= 0.6 is 0 Å². The average molecular weight is 1370 g/mol. The van der Waals surface area contributed by atoms with Crippen molar-refractivity contribution in [3.8, 4) is 67.0 Å². The molecule has 107 heavy (non-hydrogen) atoms. The second kappa shape index (κ2) is 23.8. The summed E-state index contributed by atoms with van der Waals surface area (Å²) in [6.45, 7) is 13.8. The van der Waals surface area contributed by atoms with Gasteiger partial charge in [-0.25, -0.2) is 0 Å². The van der Waals surface area contributed by atoms with Gasteiger partial charge >= 0.3 is 0 Å². The fourth-order valence-corrected chi connectivity index (χ4v) is 18.3. The van der Waals surface area contributed by atoms with Crippen molar-refractivity contribution in [2.45, 2.75) is 52.4 Å². The number of hydrogen-bond donors (Lipinski definition) is 0. The summed E-state index contributed by atoms with van der Waals surface area (Å²) in [5.74, 6) is 0. The molecule has 5 heteroatoms. The maximum atomic E-state index is 2.73. The summed E-state index contributed by atoms with van der Waals surface area (Å²) >= 11 is 0. The van der Waals surface area contributed by atoms with E-state index in [9.17, 15) is 0 Å². The van der Waals surface area contributed by atoms with Crippen molar-refractivity contribution >= 4 is 133 Å². The zero-order chi connectivity index (χ0) is 71.6. The van der Waals surface area contributed by atoms with Crippen LogP contribution in [0.25, 0.3) is 143 Å². The van der Waals surface area contributed by atoms with Crippen molar-refractivity contribution in [2.75, 3.05) is 9.80 Å². The van der Waals surface area contributed by atoms with Gasteiger partial charge in [0.15, 0.2) is 0 Å². The van der Waals surface area contributed by atoms with Gasteiger partial charge < -0.3 is 18.9 Å². The van der Waals surface area contributed by atoms with Crippen LogP contribution in [-0.4, -0.2) is 15.8 Å². The molecule has 17 aromatic carbocycles. The van der Waals surface area contributed by atoms with E-state index in [1.54, 1.807) is 0 Å². The van der Waals surface area contributed by atoms with Crippen molar-refractivity contribution in [3.05, 3.63) is 357 Å². The van der Waals surface area contributed by atoms with Gasteiger partial charge in [0, 0.05) is 72.2 Å². The number of para-hydroxylation sites is 6. The summed E-state index contributed by atoms with van der Waals surface area (Å²) in [5, 5.41) is 12.6. The Labute approximate surface area is 624 Å². The molecule has 0 bridgehead atoms. The molecule has 0 fully saturated rings. The summed E-state index contributed by atoms with van der Waals surface area (Å²) < 4.78 is 5.05. The van der Waals surface area contributed by atoms with Crippen molar-refractivity contribution in [2.24, 2.45) is 0 Å². The molecule has 0 amide bonds. The van der Waals surface area contributed by atoms with Gasteiger partial charge in [-0.2, -0.15) is 0 Å². The van der Waals surface area contributed by atoms with Gasteiger partial charge in [-0.3, -0.25) is 0 Å². The number of benzene rings is 17. The quantitative estimate of drug-likeness (QED) is 0.106. The van der Waals surface area contributed by atoms with Crippen molar-refractivity contribution < 1.29 is 0 Å². The third-order valence-corrected chi connectivity index (χ3v) is 23.3. The number of nitrogens with zero attached hydrogens (tertiary/aromatic N) is 4. The molecular formula is C102H75BN4. The van der Waals surface area contributed by atoms with E-state index < -0.39 is 0 Å². The molecule has 0 atom stereocenters. The number of anilines is 6. The Morgan fingerprint density at radius 2 is 0.607 bits per heavy atom. The lowest BCUT2D eigenvalue weighted by molar-refractivity contribution is 0.591. The largest absolute Gasteiger partial charge is 0.310 e. The topological polar surface area (TPSA) is 16.3 Å². The Kier molecular flexibility index (Phi) is 13.9. The molecule has 19 aromatic rings. The van der Waals surface area contributed by atoms with Crippen molar-refractivity contribution in [1.29, 1.82) is 0 Å². The first-order valence-corrected chi connectivity index (χ1v) is 37.7. The minimum absolute atomic E-state index is 0.0773. The van der Waals surface area contributed by atoms with Crippen LogP contribution in [0.2, 0.25) is 0 Å². The van der Waals surface area contributed by atoms with E-state index in [2.05, 4.69) is 406 Å². The van der Waals surface area contributed by atoms with Gasteiger partial charge in [0.25, 0.3) is 6.71 Å². The van der Waals surface area contributed by atoms with E-state index in [0.29, 0.717) is 0 Å². The molecule has 0 radical (unpaired) electrons. The standard InChI is InChI=1S/C102H75BN4/c1-101(2,3)72-55-69-49-50-70-56-73(102(4,5)6)60-85-84(58-71(57-72)96(69)97(70)85)68-51-53-86-92(59-68)106(99-76(64-29-11-7-12-30-64)41-27-42-77(99)65-31-13-8-14-32-65)94-62-75(105-90-47-25-21-39-82(90)83-40-22-26-48-91(83)105)63-95-98(94)103(86)87-54-52-74(104-88-45-23-19-37-80(88)81-38-20-24-46-89(81)104)61-93(87)107(95)100-78(66-33-15-9-16-34-66)43-28-44-79(100)67-35-17-10-18-36-67/h7-63H,1-6H3. The van der Waals surface area contributed by atoms with Gasteiger partial charge in [-0.15, -0.1) is 0 Å². The first-order chi connectivity index (χ1) is 52.4. The molecule has 4 heterocycles. The second-order valence-electron chi connectivity index (χ2n) is 31.5. The summed E-state index contributed by atoms with van der Waals surface area (Å²) in [6, 6.07) is 132. The van der Waals surface area contributed by atoms with Crippen LogP contribution in [-0.2, 0) is 10.8 Å². The van der Waals surface area contributed by atoms with Crippen LogP contribution < -0.4 is 26.2 Å². The van der Waals surface area contributed by atoms with E-state index in [4.69, 9.17) is 0 Å². The highest BCUT2D eigenvalue weighted by Gasteiger charge is 2.46. The number of hydrogen-bond acceptors (Lipinski definition) is 2. The minimum Gasteiger partial charge on any atom is -0.310 e. The lowest BCUT2D eigenvalue weighted by Gasteiger charge is -2.46. The summed E-state index contributed by atoms with van der Waals surface area (Å²) in [5.41, 5.74) is 31.0. The predicted octanol–water partition coefficient (Wildman–Crippen LogP) is 25.8. The Morgan fingerprint density at radius 1 is 0.243 bits per heavy atom. The van der Waals surface area contributed by atoms with Crippen molar-refractivity contribution in [3.63, 3.8) is 0 Å². The normalized spacial score (nSPS) is 12.9. The van der Waals surface area contributed by atoms with Crippen LogP contribution in [0.1, 0.15) is 52.7 Å². The van der Waals surface area contributed by atoms with Gasteiger partial charge in [-0.1, -0.05) is 321 Å². The summed E-state index contributed by atoms with van der Waals surface area (Å²) in [4.78, 5) is 5.43. The Morgan fingerprint density at radius 3 is 1.05 bits per heavy atom. The first-order valence-electron chi connectivity index (χ1n) is 37.7. The molecule has 2 aliphatic heterocycles. The maximum absolute atomic E-state index is 2.73. The maximum Gasteiger partial charge on any atom is 0.252 e. The Hall–Kier alpha value is -13.0. The molecule has 506 valence electrons. The van der Waals surface area contributed by atoms with Crippen LogP contribution in [0.3, 0.4) is 0 Å². The minimum atomic E-state index is -0.279. The lowest BCUT2D eigenvalue weighted by atomic mass is 9.33. The molecule has 0 aliphatic carbocycles. The summed E-state index contributed by atoms with van der Waals surface area (Å²) in [6.07, 6.45) is 0. The van der Waals surface area contributed by atoms with E-state index in [1.165, 1.54) is 86.9 Å². The smallest absolute Gasteiger partial charge is 0.252 e. The predicted molar refractivity (Wildman–Crippen MR) is 457 cm³/mol. The average Bonchev–Trinajstić information content (AvgIpc) is 1.26. The SMILES string of the molecule is CC(C)(C)c1cc2ccc3cc(C(C)(C)C)cc4c(-c5ccc6c(c5)N(c5c(-c7ccccc7)cccc5-c5ccccc5)c5cc(-n7c8ccccc8c8ccccc87)cc7c5B6c5ccc(-n6c8ccccc8c8ccccc86)cc5N7c5c(-c6ccccc6)cccc5-c5ccccc5)cc(c1)c2c34. The van der Waals surface area contributed by atoms with Crippen LogP contribution in [0.15, 0.2) is 346 Å². The lowest BCUT2D eigenvalue weighted by Crippen LogP contribution is -2.61. The molecule has 4 nitrogen and oxygen atoms in total. The highest BCUT2D eigenvalue weighted by molar-refractivity contribution is 7.00. The fraction of sp³-hybridized carbons (Fsp3) is 0.0784. The van der Waals surface area contributed by atoms with Crippen LogP contribution in [0.4, 0.5) is 34.1 Å². The highest BCUT2D eigenvalue weighted by Crippen LogP contribution is 2.55. The first kappa shape index (κ1) is 62.6. The van der Waals surface area contributed by atoms with E-state index >= 15 is 0 Å². The molecule has 0 N–H and O–H groups in total. The van der Waals surface area contributed by atoms with Crippen LogP contribution in [0.5, 0.6) is 0 Å². The third-order valence-electron chi connectivity index (χ3n) is 23.3. The fourth-order valence-electron chi connectivity index (χ4n) is 18.3. The zero-order valence-electron chi connectivity index (χ0n) is 60.8. The third kappa shape index (κ3) is 9.70. The van der Waals surface area contributed by atoms with Gasteiger partial charge in [0.1, 0.15) is 0 Å². The molecule has 21 rings (SSSR count). The molecule has 0 saturated heterocycles. The van der Waals surface area contributed by atoms with E-state index in [0.717, 1.165) is 118 Å². The molecular weight excluding hydrogens is 1290 g/mol. The molecule has 0 unspecified atom stereocenters. The monoisotopic (exact) mass is 1370 g/mol. The van der Waals surface area contributed by atoms with Gasteiger partial charge in [0.05, 0.1) is 39.1 Å². The number of fused-ring (bicyclic) bond motifs is 10. The molecule has 0 spiro atoms. The van der Waals surface area contributed by atoms with Crippen LogP contribution in [0, 0.1) is 0 Å². The number of rotatable bonds is 9. The zero-order valence-corrected chi connectivity index (χ0v) is 60.8. The number of aromatic nitrogens is 2. The van der Waals surface area contributed by atoms with E-state index in [1.807, 2.05) is 0 Å². The van der Waals surface area contributed by atoms with E-state index in [-0.39, 0.29) is 17.5 Å². The second-order valence-corrected chi connectivity index (χ2v) is 31.5. The Balaban J connectivity index is 0.959. The van der Waals surface area contributed by atoms with Gasteiger partial charge in [-0.05, 0) is 171 Å². The van der Waals surface area contributed by atoms with Gasteiger partial charge in [0.2, 0.25) is 0 Å². The summed E-state index contributed by atoms with van der Waals surface area (Å²) in [7, 11) is 0. The molecule has 2 aromatic heterocycles. The van der Waals surface area contributed by atoms with Crippen molar-refractivity contribution in [1.82, 2.24) is 9.13 Å². The Bertz CT molecular complexity index is 6610. The molecule has 2 aliphatic rings. The highest BCUT2D eigenvalue weighted by atomic mass is 15.2. The molecule has 0 saturated carbocycles.